The summed E-state index contributed by atoms with van der Waals surface area (Å²) in [6, 6.07) is 9.84. The number of hydrogen-bond donors (Lipinski definition) is 0. The molecule has 3 rings (SSSR count). The molecule has 0 saturated carbocycles. The van der Waals surface area contributed by atoms with Crippen LogP contribution in [0.15, 0.2) is 30.3 Å². The van der Waals surface area contributed by atoms with Crippen molar-refractivity contribution in [1.29, 1.82) is 0 Å². The van der Waals surface area contributed by atoms with Crippen molar-refractivity contribution in [3.8, 4) is 28.7 Å². The Morgan fingerprint density at radius 1 is 0.818 bits per heavy atom. The zero-order valence-corrected chi connectivity index (χ0v) is 12.8. The molecule has 0 fully saturated rings. The van der Waals surface area contributed by atoms with Gasteiger partial charge in [0.15, 0.2) is 23.0 Å². The first-order chi connectivity index (χ1) is 10.7. The minimum atomic E-state index is 0.281. The Bertz CT molecular complexity index is 656. The molecule has 0 spiro atoms. The van der Waals surface area contributed by atoms with Crippen LogP contribution in [0.1, 0.15) is 11.1 Å². The molecule has 0 unspecified atom stereocenters. The maximum absolute atomic E-state index is 5.41. The molecular formula is C17H18O5. The first-order valence-electron chi connectivity index (χ1n) is 6.92. The summed E-state index contributed by atoms with van der Waals surface area (Å²) in [6.07, 6.45) is 0.730. The summed E-state index contributed by atoms with van der Waals surface area (Å²) < 4.78 is 26.8. The molecule has 0 radical (unpaired) electrons. The highest BCUT2D eigenvalue weighted by Crippen LogP contribution is 2.39. The van der Waals surface area contributed by atoms with E-state index in [0.717, 1.165) is 29.0 Å². The van der Waals surface area contributed by atoms with Crippen LogP contribution in [0.5, 0.6) is 28.7 Å². The molecule has 0 atom stereocenters. The van der Waals surface area contributed by atoms with E-state index in [0.29, 0.717) is 17.2 Å². The Balaban J connectivity index is 1.91. The Kier molecular flexibility index (Phi) is 3.96. The van der Waals surface area contributed by atoms with E-state index < -0.39 is 0 Å². The topological polar surface area (TPSA) is 46.2 Å². The van der Waals surface area contributed by atoms with Gasteiger partial charge >= 0.3 is 0 Å². The summed E-state index contributed by atoms with van der Waals surface area (Å²) in [5, 5.41) is 0. The van der Waals surface area contributed by atoms with Gasteiger partial charge in [0, 0.05) is 0 Å². The molecule has 22 heavy (non-hydrogen) atoms. The number of ether oxygens (including phenoxy) is 5. The molecule has 0 bridgehead atoms. The second-order valence-corrected chi connectivity index (χ2v) is 4.90. The highest BCUT2D eigenvalue weighted by atomic mass is 16.7. The van der Waals surface area contributed by atoms with Crippen LogP contribution in [-0.2, 0) is 6.42 Å². The highest BCUT2D eigenvalue weighted by Gasteiger charge is 2.16. The van der Waals surface area contributed by atoms with Crippen LogP contribution in [0.25, 0.3) is 0 Å². The summed E-state index contributed by atoms with van der Waals surface area (Å²) in [5.41, 5.74) is 2.19. The fourth-order valence-electron chi connectivity index (χ4n) is 2.52. The lowest BCUT2D eigenvalue weighted by atomic mass is 10.0. The normalized spacial score (nSPS) is 12.1. The van der Waals surface area contributed by atoms with Crippen LogP contribution in [-0.4, -0.2) is 28.1 Å². The second kappa shape index (κ2) is 6.05. The van der Waals surface area contributed by atoms with E-state index in [-0.39, 0.29) is 6.79 Å². The Hall–Kier alpha value is -2.56. The predicted molar refractivity (Wildman–Crippen MR) is 81.5 cm³/mol. The van der Waals surface area contributed by atoms with E-state index >= 15 is 0 Å². The molecule has 5 heteroatoms. The zero-order valence-electron chi connectivity index (χ0n) is 12.8. The molecule has 0 saturated heterocycles. The number of fused-ring (bicyclic) bond motifs is 1. The largest absolute Gasteiger partial charge is 0.493 e. The van der Waals surface area contributed by atoms with Gasteiger partial charge in [-0.3, -0.25) is 0 Å². The minimum Gasteiger partial charge on any atom is -0.493 e. The van der Waals surface area contributed by atoms with E-state index in [4.69, 9.17) is 23.7 Å². The SMILES string of the molecule is COc1cc(Cc2ccc3c(c2)OCO3)cc(OC)c1OC. The third-order valence-corrected chi connectivity index (χ3v) is 3.57. The summed E-state index contributed by atoms with van der Waals surface area (Å²) >= 11 is 0. The van der Waals surface area contributed by atoms with E-state index in [9.17, 15) is 0 Å². The van der Waals surface area contributed by atoms with Crippen LogP contribution >= 0.6 is 0 Å². The van der Waals surface area contributed by atoms with Crippen molar-refractivity contribution >= 4 is 0 Å². The van der Waals surface area contributed by atoms with Gasteiger partial charge in [0.1, 0.15) is 0 Å². The molecule has 0 amide bonds. The van der Waals surface area contributed by atoms with Crippen LogP contribution in [0.3, 0.4) is 0 Å². The van der Waals surface area contributed by atoms with Gasteiger partial charge in [0.2, 0.25) is 12.5 Å². The van der Waals surface area contributed by atoms with Crippen molar-refractivity contribution in [2.45, 2.75) is 6.42 Å². The van der Waals surface area contributed by atoms with Gasteiger partial charge in [0.25, 0.3) is 0 Å². The fraction of sp³-hybridized carbons (Fsp3) is 0.294. The molecular weight excluding hydrogens is 284 g/mol. The summed E-state index contributed by atoms with van der Waals surface area (Å²) in [6.45, 7) is 0.281. The van der Waals surface area contributed by atoms with Gasteiger partial charge in [0.05, 0.1) is 21.3 Å². The lowest BCUT2D eigenvalue weighted by Crippen LogP contribution is -1.98. The molecule has 2 aromatic carbocycles. The van der Waals surface area contributed by atoms with E-state index in [1.165, 1.54) is 0 Å². The highest BCUT2D eigenvalue weighted by molar-refractivity contribution is 5.55. The maximum Gasteiger partial charge on any atom is 0.231 e. The monoisotopic (exact) mass is 302 g/mol. The van der Waals surface area contributed by atoms with Crippen molar-refractivity contribution < 1.29 is 23.7 Å². The van der Waals surface area contributed by atoms with Gasteiger partial charge in [-0.2, -0.15) is 0 Å². The lowest BCUT2D eigenvalue weighted by molar-refractivity contribution is 0.174. The Morgan fingerprint density at radius 3 is 2.14 bits per heavy atom. The number of methoxy groups -OCH3 is 3. The Labute approximate surface area is 129 Å². The average Bonchev–Trinajstić information content (AvgIpc) is 3.01. The zero-order chi connectivity index (χ0) is 15.5. The fourth-order valence-corrected chi connectivity index (χ4v) is 2.52. The molecule has 0 N–H and O–H groups in total. The molecule has 1 aliphatic heterocycles. The van der Waals surface area contributed by atoms with Gasteiger partial charge in [-0.15, -0.1) is 0 Å². The van der Waals surface area contributed by atoms with Crippen molar-refractivity contribution in [1.82, 2.24) is 0 Å². The molecule has 5 nitrogen and oxygen atoms in total. The minimum absolute atomic E-state index is 0.281. The lowest BCUT2D eigenvalue weighted by Gasteiger charge is -2.14. The first kappa shape index (κ1) is 14.4. The quantitative estimate of drug-likeness (QED) is 0.849. The maximum atomic E-state index is 5.41. The molecule has 0 aliphatic carbocycles. The molecule has 2 aromatic rings. The van der Waals surface area contributed by atoms with Crippen LogP contribution in [0, 0.1) is 0 Å². The van der Waals surface area contributed by atoms with E-state index in [1.54, 1.807) is 21.3 Å². The number of rotatable bonds is 5. The van der Waals surface area contributed by atoms with Gasteiger partial charge in [-0.05, 0) is 41.8 Å². The predicted octanol–water partition coefficient (Wildman–Crippen LogP) is 3.03. The standard InChI is InChI=1S/C17H18O5/c1-18-15-8-12(9-16(19-2)17(15)20-3)6-11-4-5-13-14(7-11)22-10-21-13/h4-5,7-9H,6,10H2,1-3H3. The van der Waals surface area contributed by atoms with E-state index in [1.807, 2.05) is 30.3 Å². The van der Waals surface area contributed by atoms with E-state index in [2.05, 4.69) is 0 Å². The molecule has 0 aromatic heterocycles. The van der Waals surface area contributed by atoms with Crippen LogP contribution in [0.4, 0.5) is 0 Å². The van der Waals surface area contributed by atoms with Crippen molar-refractivity contribution in [3.63, 3.8) is 0 Å². The van der Waals surface area contributed by atoms with Crippen LogP contribution in [0.2, 0.25) is 0 Å². The second-order valence-electron chi connectivity index (χ2n) is 4.90. The Morgan fingerprint density at radius 2 is 1.50 bits per heavy atom. The smallest absolute Gasteiger partial charge is 0.231 e. The number of hydrogen-bond acceptors (Lipinski definition) is 5. The average molecular weight is 302 g/mol. The van der Waals surface area contributed by atoms with Crippen molar-refractivity contribution in [2.75, 3.05) is 28.1 Å². The van der Waals surface area contributed by atoms with Gasteiger partial charge in [-0.1, -0.05) is 6.07 Å². The van der Waals surface area contributed by atoms with Crippen molar-refractivity contribution in [3.05, 3.63) is 41.5 Å². The summed E-state index contributed by atoms with van der Waals surface area (Å²) in [5.74, 6) is 3.47. The summed E-state index contributed by atoms with van der Waals surface area (Å²) in [4.78, 5) is 0. The van der Waals surface area contributed by atoms with Gasteiger partial charge in [-0.25, -0.2) is 0 Å². The summed E-state index contributed by atoms with van der Waals surface area (Å²) in [7, 11) is 4.82. The molecule has 1 aliphatic rings. The third-order valence-electron chi connectivity index (χ3n) is 3.57. The number of benzene rings is 2. The molecule has 116 valence electrons. The van der Waals surface area contributed by atoms with Crippen molar-refractivity contribution in [2.24, 2.45) is 0 Å². The molecule has 1 heterocycles. The van der Waals surface area contributed by atoms with Crippen LogP contribution < -0.4 is 23.7 Å². The third kappa shape index (κ3) is 2.62. The first-order valence-corrected chi connectivity index (χ1v) is 6.92. The van der Waals surface area contributed by atoms with Gasteiger partial charge < -0.3 is 23.7 Å².